The zero-order chi connectivity index (χ0) is 17.7. The average molecular weight is 361 g/mol. The van der Waals surface area contributed by atoms with Crippen molar-refractivity contribution >= 4 is 60.9 Å². The molecule has 3 aromatic heterocycles. The van der Waals surface area contributed by atoms with E-state index in [0.29, 0.717) is 11.3 Å². The van der Waals surface area contributed by atoms with Crippen LogP contribution in [0, 0.1) is 0 Å². The van der Waals surface area contributed by atoms with Crippen LogP contribution < -0.4 is 11.1 Å². The number of primary amides is 1. The molecule has 0 saturated heterocycles. The van der Waals surface area contributed by atoms with Gasteiger partial charge in [-0.3, -0.25) is 4.79 Å². The highest BCUT2D eigenvalue weighted by molar-refractivity contribution is 7.21. The predicted molar refractivity (Wildman–Crippen MR) is 101 cm³/mol. The molecule has 0 fully saturated rings. The van der Waals surface area contributed by atoms with Gasteiger partial charge < -0.3 is 16.0 Å². The second-order valence-electron chi connectivity index (χ2n) is 5.67. The van der Waals surface area contributed by atoms with E-state index in [4.69, 9.17) is 5.73 Å². The Hall–Kier alpha value is -3.59. The Morgan fingerprint density at radius 3 is 2.81 bits per heavy atom. The zero-order valence-electron chi connectivity index (χ0n) is 13.2. The summed E-state index contributed by atoms with van der Waals surface area (Å²) in [5.41, 5.74) is 9.50. The average Bonchev–Trinajstić information content (AvgIpc) is 3.28. The molecule has 26 heavy (non-hydrogen) atoms. The standard InChI is InChI=1S/C17H11N7OS/c18-15(25)17-24-11-4-3-10-13(14(11)26-17)16(22-7-20-10)23-8-1-2-9-12(5-8)21-6-19-9/h1-7H,(H2,18,25)(H,19,21)(H,20,22,23). The number of fused-ring (bicyclic) bond motifs is 4. The third-order valence-electron chi connectivity index (χ3n) is 4.05. The summed E-state index contributed by atoms with van der Waals surface area (Å²) in [6.07, 6.45) is 3.15. The number of carbonyl (C=O) groups excluding carboxylic acids is 1. The van der Waals surface area contributed by atoms with Gasteiger partial charge in [-0.1, -0.05) is 0 Å². The Morgan fingerprint density at radius 1 is 1.08 bits per heavy atom. The number of nitrogens with two attached hydrogens (primary N) is 1. The third kappa shape index (κ3) is 2.25. The summed E-state index contributed by atoms with van der Waals surface area (Å²) in [5, 5.41) is 4.39. The Morgan fingerprint density at radius 2 is 1.92 bits per heavy atom. The van der Waals surface area contributed by atoms with Gasteiger partial charge in [-0.15, -0.1) is 11.3 Å². The first kappa shape index (κ1) is 14.7. The summed E-state index contributed by atoms with van der Waals surface area (Å²) < 4.78 is 0.821. The molecule has 2 aromatic carbocycles. The van der Waals surface area contributed by atoms with Gasteiger partial charge in [0.25, 0.3) is 5.91 Å². The van der Waals surface area contributed by atoms with E-state index >= 15 is 0 Å². The van der Waals surface area contributed by atoms with Crippen LogP contribution in [0.2, 0.25) is 0 Å². The van der Waals surface area contributed by atoms with E-state index < -0.39 is 5.91 Å². The van der Waals surface area contributed by atoms with Crippen LogP contribution in [-0.2, 0) is 0 Å². The molecule has 8 nitrogen and oxygen atoms in total. The van der Waals surface area contributed by atoms with E-state index in [2.05, 4.69) is 30.2 Å². The van der Waals surface area contributed by atoms with Gasteiger partial charge in [0.2, 0.25) is 0 Å². The molecule has 5 aromatic rings. The second-order valence-corrected chi connectivity index (χ2v) is 6.67. The summed E-state index contributed by atoms with van der Waals surface area (Å²) in [6, 6.07) is 9.49. The van der Waals surface area contributed by atoms with E-state index in [1.165, 1.54) is 17.7 Å². The van der Waals surface area contributed by atoms with Gasteiger partial charge in [0.05, 0.1) is 38.5 Å². The number of H-pyrrole nitrogens is 1. The largest absolute Gasteiger partial charge is 0.364 e. The molecule has 0 atom stereocenters. The minimum Gasteiger partial charge on any atom is -0.364 e. The maximum atomic E-state index is 11.5. The quantitative estimate of drug-likeness (QED) is 0.454. The molecule has 9 heteroatoms. The predicted octanol–water partition coefficient (Wildman–Crippen LogP) is 2.96. The Kier molecular flexibility index (Phi) is 3.09. The van der Waals surface area contributed by atoms with E-state index in [9.17, 15) is 4.79 Å². The van der Waals surface area contributed by atoms with E-state index in [1.54, 1.807) is 6.33 Å². The Balaban J connectivity index is 1.70. The maximum absolute atomic E-state index is 11.5. The number of thiazole rings is 1. The first-order chi connectivity index (χ1) is 12.7. The lowest BCUT2D eigenvalue weighted by molar-refractivity contribution is 0.1000. The molecule has 126 valence electrons. The summed E-state index contributed by atoms with van der Waals surface area (Å²) in [6.45, 7) is 0. The molecule has 1 amide bonds. The number of rotatable bonds is 3. The number of hydrogen-bond acceptors (Lipinski definition) is 7. The number of nitrogens with one attached hydrogen (secondary N) is 2. The van der Waals surface area contributed by atoms with Crippen LogP contribution in [0.15, 0.2) is 43.0 Å². The van der Waals surface area contributed by atoms with Crippen molar-refractivity contribution in [3.05, 3.63) is 48.0 Å². The molecule has 0 bridgehead atoms. The van der Waals surface area contributed by atoms with Crippen molar-refractivity contribution in [1.29, 1.82) is 0 Å². The van der Waals surface area contributed by atoms with Crippen LogP contribution in [0.25, 0.3) is 32.2 Å². The molecule has 0 saturated carbocycles. The normalized spacial score (nSPS) is 11.4. The molecular weight excluding hydrogens is 350 g/mol. The molecule has 4 N–H and O–H groups in total. The van der Waals surface area contributed by atoms with Crippen LogP contribution in [0.1, 0.15) is 9.80 Å². The Bertz CT molecular complexity index is 1310. The molecular formula is C17H11N7OS. The van der Waals surface area contributed by atoms with E-state index in [1.807, 2.05) is 30.3 Å². The first-order valence-electron chi connectivity index (χ1n) is 7.73. The van der Waals surface area contributed by atoms with Crippen LogP contribution in [0.4, 0.5) is 11.5 Å². The minimum absolute atomic E-state index is 0.265. The summed E-state index contributed by atoms with van der Waals surface area (Å²) >= 11 is 1.24. The fourth-order valence-electron chi connectivity index (χ4n) is 2.88. The molecule has 0 aliphatic heterocycles. The van der Waals surface area contributed by atoms with Crippen molar-refractivity contribution in [3.8, 4) is 0 Å². The molecule has 0 aliphatic carbocycles. The number of aromatic amines is 1. The molecule has 5 rings (SSSR count). The van der Waals surface area contributed by atoms with E-state index in [-0.39, 0.29) is 5.01 Å². The third-order valence-corrected chi connectivity index (χ3v) is 5.15. The Labute approximate surface area is 150 Å². The van der Waals surface area contributed by atoms with Gasteiger partial charge in [0, 0.05) is 5.69 Å². The van der Waals surface area contributed by atoms with Gasteiger partial charge in [-0.25, -0.2) is 19.9 Å². The monoisotopic (exact) mass is 361 g/mol. The zero-order valence-corrected chi connectivity index (χ0v) is 14.0. The van der Waals surface area contributed by atoms with Crippen molar-refractivity contribution in [1.82, 2.24) is 24.9 Å². The van der Waals surface area contributed by atoms with E-state index in [0.717, 1.165) is 32.3 Å². The number of nitrogens with zero attached hydrogens (tertiary/aromatic N) is 4. The first-order valence-corrected chi connectivity index (χ1v) is 8.55. The van der Waals surface area contributed by atoms with Gasteiger partial charge in [0.1, 0.15) is 12.1 Å². The van der Waals surface area contributed by atoms with Crippen molar-refractivity contribution in [2.24, 2.45) is 5.73 Å². The molecule has 3 heterocycles. The second kappa shape index (κ2) is 5.46. The van der Waals surface area contributed by atoms with Crippen LogP contribution in [-0.4, -0.2) is 30.8 Å². The molecule has 0 radical (unpaired) electrons. The van der Waals surface area contributed by atoms with Crippen molar-refractivity contribution in [2.75, 3.05) is 5.32 Å². The lowest BCUT2D eigenvalue weighted by Crippen LogP contribution is -2.09. The summed E-state index contributed by atoms with van der Waals surface area (Å²) in [5.74, 6) is 0.0922. The number of amides is 1. The lowest BCUT2D eigenvalue weighted by Gasteiger charge is -2.08. The fourth-order valence-corrected chi connectivity index (χ4v) is 3.84. The number of carbonyl (C=O) groups is 1. The lowest BCUT2D eigenvalue weighted by atomic mass is 10.2. The highest BCUT2D eigenvalue weighted by atomic mass is 32.1. The van der Waals surface area contributed by atoms with Gasteiger partial charge >= 0.3 is 0 Å². The van der Waals surface area contributed by atoms with Crippen LogP contribution in [0.3, 0.4) is 0 Å². The van der Waals surface area contributed by atoms with Crippen molar-refractivity contribution in [2.45, 2.75) is 0 Å². The smallest absolute Gasteiger partial charge is 0.277 e. The summed E-state index contributed by atoms with van der Waals surface area (Å²) in [4.78, 5) is 31.8. The van der Waals surface area contributed by atoms with Crippen LogP contribution in [0.5, 0.6) is 0 Å². The number of benzene rings is 2. The maximum Gasteiger partial charge on any atom is 0.277 e. The summed E-state index contributed by atoms with van der Waals surface area (Å²) in [7, 11) is 0. The SMILES string of the molecule is NC(=O)c1nc2ccc3ncnc(Nc4ccc5nc[nH]c5c4)c3c2s1. The van der Waals surface area contributed by atoms with Crippen molar-refractivity contribution in [3.63, 3.8) is 0 Å². The number of aromatic nitrogens is 5. The fraction of sp³-hybridized carbons (Fsp3) is 0. The van der Waals surface area contributed by atoms with Gasteiger partial charge in [-0.05, 0) is 30.3 Å². The molecule has 0 spiro atoms. The van der Waals surface area contributed by atoms with Crippen LogP contribution >= 0.6 is 11.3 Å². The number of anilines is 2. The topological polar surface area (TPSA) is 122 Å². The number of hydrogen-bond donors (Lipinski definition) is 3. The van der Waals surface area contributed by atoms with Crippen molar-refractivity contribution < 1.29 is 4.79 Å². The van der Waals surface area contributed by atoms with Gasteiger partial charge in [0.15, 0.2) is 5.01 Å². The highest BCUT2D eigenvalue weighted by Crippen LogP contribution is 2.34. The minimum atomic E-state index is -0.546. The molecule has 0 unspecified atom stereocenters. The van der Waals surface area contributed by atoms with Gasteiger partial charge in [-0.2, -0.15) is 0 Å². The number of imidazole rings is 1. The highest BCUT2D eigenvalue weighted by Gasteiger charge is 2.15. The molecule has 0 aliphatic rings.